The molecule has 0 fully saturated rings. The van der Waals surface area contributed by atoms with Gasteiger partial charge in [0.1, 0.15) is 0 Å². The van der Waals surface area contributed by atoms with E-state index < -0.39 is 0 Å². The van der Waals surface area contributed by atoms with Crippen molar-refractivity contribution in [3.63, 3.8) is 0 Å². The Bertz CT molecular complexity index is 688. The van der Waals surface area contributed by atoms with Gasteiger partial charge in [0, 0.05) is 0 Å². The van der Waals surface area contributed by atoms with Crippen molar-refractivity contribution in [2.45, 2.75) is 6.92 Å². The van der Waals surface area contributed by atoms with Gasteiger partial charge < -0.3 is 5.11 Å². The Morgan fingerprint density at radius 2 is 1.47 bits per heavy atom. The summed E-state index contributed by atoms with van der Waals surface area (Å²) in [5.41, 5.74) is 3.42. The second-order valence-corrected chi connectivity index (χ2v) is 4.40. The Labute approximate surface area is 111 Å². The smallest absolute Gasteiger partial charge is 0.222 e. The lowest BCUT2D eigenvalue weighted by Gasteiger charge is -2.03. The van der Waals surface area contributed by atoms with Crippen molar-refractivity contribution in [3.8, 4) is 22.7 Å². The van der Waals surface area contributed by atoms with Crippen molar-refractivity contribution in [2.75, 3.05) is 0 Å². The van der Waals surface area contributed by atoms with Gasteiger partial charge in [0.15, 0.2) is 0 Å². The highest BCUT2D eigenvalue weighted by Gasteiger charge is 2.16. The lowest BCUT2D eigenvalue weighted by Crippen LogP contribution is -1.95. The van der Waals surface area contributed by atoms with Gasteiger partial charge in [-0.3, -0.25) is 0 Å². The summed E-state index contributed by atoms with van der Waals surface area (Å²) in [6.45, 7) is 1.90. The largest absolute Gasteiger partial charge is 0.493 e. The minimum absolute atomic E-state index is 0.176. The monoisotopic (exact) mass is 250 g/mol. The van der Waals surface area contributed by atoms with Crippen LogP contribution in [0.4, 0.5) is 0 Å². The van der Waals surface area contributed by atoms with Crippen LogP contribution in [0.1, 0.15) is 5.69 Å². The molecular weight excluding hydrogens is 236 g/mol. The Hall–Kier alpha value is -2.55. The first kappa shape index (κ1) is 11.5. The van der Waals surface area contributed by atoms with Gasteiger partial charge in [-0.15, -0.1) is 0 Å². The Kier molecular flexibility index (Phi) is 2.80. The molecule has 3 aromatic rings. The fourth-order valence-corrected chi connectivity index (χ4v) is 2.21. The summed E-state index contributed by atoms with van der Waals surface area (Å²) in [5.74, 6) is 0.176. The van der Waals surface area contributed by atoms with Crippen LogP contribution in [0.5, 0.6) is 5.88 Å². The molecule has 0 amide bonds. The van der Waals surface area contributed by atoms with Gasteiger partial charge in [-0.1, -0.05) is 48.5 Å². The van der Waals surface area contributed by atoms with E-state index in [0.29, 0.717) is 0 Å². The molecule has 0 saturated carbocycles. The molecule has 19 heavy (non-hydrogen) atoms. The predicted octanol–water partition coefficient (Wildman–Crippen LogP) is 3.55. The summed E-state index contributed by atoms with van der Waals surface area (Å²) in [4.78, 5) is 0. The van der Waals surface area contributed by atoms with Crippen LogP contribution in [0, 0.1) is 6.92 Å². The molecule has 0 unspecified atom stereocenters. The number of aryl methyl sites for hydroxylation is 1. The average molecular weight is 250 g/mol. The third kappa shape index (κ3) is 1.99. The maximum absolute atomic E-state index is 10.4. The van der Waals surface area contributed by atoms with Crippen LogP contribution in [0.2, 0.25) is 0 Å². The molecule has 1 aromatic heterocycles. The summed E-state index contributed by atoms with van der Waals surface area (Å²) < 4.78 is 1.57. The highest BCUT2D eigenvalue weighted by atomic mass is 16.3. The molecule has 0 aliphatic rings. The Balaban J connectivity index is 2.17. The maximum Gasteiger partial charge on any atom is 0.222 e. The molecule has 0 aliphatic carbocycles. The average Bonchev–Trinajstić information content (AvgIpc) is 2.76. The zero-order valence-corrected chi connectivity index (χ0v) is 10.6. The van der Waals surface area contributed by atoms with Crippen LogP contribution < -0.4 is 0 Å². The molecule has 94 valence electrons. The van der Waals surface area contributed by atoms with E-state index in [-0.39, 0.29) is 5.88 Å². The van der Waals surface area contributed by atoms with Crippen molar-refractivity contribution in [2.24, 2.45) is 0 Å². The molecule has 0 radical (unpaired) electrons. The number of hydrogen-bond acceptors (Lipinski definition) is 2. The molecule has 1 heterocycles. The normalized spacial score (nSPS) is 10.6. The summed E-state index contributed by atoms with van der Waals surface area (Å²) in [5, 5.41) is 14.8. The predicted molar refractivity (Wildman–Crippen MR) is 75.4 cm³/mol. The van der Waals surface area contributed by atoms with Crippen LogP contribution >= 0.6 is 0 Å². The van der Waals surface area contributed by atoms with Crippen molar-refractivity contribution in [3.05, 3.63) is 66.4 Å². The number of aromatic nitrogens is 2. The number of nitrogens with zero attached hydrogens (tertiary/aromatic N) is 2. The second kappa shape index (κ2) is 4.61. The molecule has 1 N–H and O–H groups in total. The first-order valence-electron chi connectivity index (χ1n) is 6.17. The van der Waals surface area contributed by atoms with Gasteiger partial charge in [0.25, 0.3) is 0 Å². The van der Waals surface area contributed by atoms with E-state index in [2.05, 4.69) is 5.10 Å². The number of para-hydroxylation sites is 1. The third-order valence-corrected chi connectivity index (χ3v) is 3.10. The molecule has 3 heteroatoms. The Morgan fingerprint density at radius 3 is 2.11 bits per heavy atom. The molecule has 0 aliphatic heterocycles. The standard InChI is InChI=1S/C16H14N2O/c1-12-15(13-8-4-2-5-9-13)16(19)18(17-12)14-10-6-3-7-11-14/h2-11,19H,1H3. The van der Waals surface area contributed by atoms with Gasteiger partial charge >= 0.3 is 0 Å². The lowest BCUT2D eigenvalue weighted by molar-refractivity contribution is 0.435. The topological polar surface area (TPSA) is 38.0 Å². The first-order valence-corrected chi connectivity index (χ1v) is 6.17. The fourth-order valence-electron chi connectivity index (χ4n) is 2.21. The highest BCUT2D eigenvalue weighted by molar-refractivity contribution is 5.71. The van der Waals surface area contributed by atoms with Gasteiger partial charge in [-0.25, -0.2) is 4.68 Å². The van der Waals surface area contributed by atoms with E-state index in [9.17, 15) is 5.11 Å². The van der Waals surface area contributed by atoms with E-state index in [1.165, 1.54) is 0 Å². The molecule has 0 saturated heterocycles. The third-order valence-electron chi connectivity index (χ3n) is 3.10. The van der Waals surface area contributed by atoms with E-state index in [0.717, 1.165) is 22.5 Å². The first-order chi connectivity index (χ1) is 9.27. The summed E-state index contributed by atoms with van der Waals surface area (Å²) in [6, 6.07) is 19.4. The fraction of sp³-hybridized carbons (Fsp3) is 0.0625. The summed E-state index contributed by atoms with van der Waals surface area (Å²) >= 11 is 0. The highest BCUT2D eigenvalue weighted by Crippen LogP contribution is 2.33. The van der Waals surface area contributed by atoms with Crippen molar-refractivity contribution >= 4 is 0 Å². The zero-order chi connectivity index (χ0) is 13.2. The van der Waals surface area contributed by atoms with Crippen molar-refractivity contribution in [1.29, 1.82) is 0 Å². The van der Waals surface area contributed by atoms with Gasteiger partial charge in [0.05, 0.1) is 16.9 Å². The molecule has 3 rings (SSSR count). The molecule has 0 bridgehead atoms. The summed E-state index contributed by atoms with van der Waals surface area (Å²) in [6.07, 6.45) is 0. The lowest BCUT2D eigenvalue weighted by atomic mass is 10.1. The van der Waals surface area contributed by atoms with Crippen LogP contribution in [0.15, 0.2) is 60.7 Å². The van der Waals surface area contributed by atoms with Gasteiger partial charge in [-0.05, 0) is 24.6 Å². The minimum Gasteiger partial charge on any atom is -0.493 e. The zero-order valence-electron chi connectivity index (χ0n) is 10.6. The van der Waals surface area contributed by atoms with E-state index in [1.54, 1.807) is 4.68 Å². The maximum atomic E-state index is 10.4. The number of aromatic hydroxyl groups is 1. The molecule has 2 aromatic carbocycles. The SMILES string of the molecule is Cc1nn(-c2ccccc2)c(O)c1-c1ccccc1. The van der Waals surface area contributed by atoms with Crippen LogP contribution in [0.25, 0.3) is 16.8 Å². The molecular formula is C16H14N2O. The Morgan fingerprint density at radius 1 is 0.895 bits per heavy atom. The number of hydrogen-bond donors (Lipinski definition) is 1. The van der Waals surface area contributed by atoms with E-state index in [4.69, 9.17) is 0 Å². The molecule has 0 spiro atoms. The molecule has 3 nitrogen and oxygen atoms in total. The van der Waals surface area contributed by atoms with E-state index >= 15 is 0 Å². The summed E-state index contributed by atoms with van der Waals surface area (Å²) in [7, 11) is 0. The van der Waals surface area contributed by atoms with Gasteiger partial charge in [0.2, 0.25) is 5.88 Å². The van der Waals surface area contributed by atoms with Crippen LogP contribution in [-0.2, 0) is 0 Å². The second-order valence-electron chi connectivity index (χ2n) is 4.40. The van der Waals surface area contributed by atoms with Crippen LogP contribution in [-0.4, -0.2) is 14.9 Å². The number of benzene rings is 2. The quantitative estimate of drug-likeness (QED) is 0.755. The van der Waals surface area contributed by atoms with E-state index in [1.807, 2.05) is 67.6 Å². The van der Waals surface area contributed by atoms with Crippen LogP contribution in [0.3, 0.4) is 0 Å². The number of rotatable bonds is 2. The molecule has 0 atom stereocenters. The minimum atomic E-state index is 0.176. The van der Waals surface area contributed by atoms with Crippen molar-refractivity contribution in [1.82, 2.24) is 9.78 Å². The van der Waals surface area contributed by atoms with Crippen molar-refractivity contribution < 1.29 is 5.11 Å². The van der Waals surface area contributed by atoms with Gasteiger partial charge in [-0.2, -0.15) is 5.10 Å².